The topological polar surface area (TPSA) is 66.9 Å². The molecule has 1 heterocycles. The van der Waals surface area contributed by atoms with Gasteiger partial charge in [-0.1, -0.05) is 61.9 Å². The van der Waals surface area contributed by atoms with Crippen molar-refractivity contribution in [3.8, 4) is 11.4 Å². The zero-order valence-corrected chi connectivity index (χ0v) is 18.1. The van der Waals surface area contributed by atoms with Crippen molar-refractivity contribution in [2.45, 2.75) is 39.5 Å². The third-order valence-corrected chi connectivity index (χ3v) is 5.52. The fraction of sp³-hybridized carbons (Fsp3) is 0.269. The quantitative estimate of drug-likeness (QED) is 0.529. The number of anilines is 1. The highest BCUT2D eigenvalue weighted by Crippen LogP contribution is 2.30. The summed E-state index contributed by atoms with van der Waals surface area (Å²) in [6.07, 6.45) is 5.52. The maximum atomic E-state index is 12.7. The predicted molar refractivity (Wildman–Crippen MR) is 127 cm³/mol. The lowest BCUT2D eigenvalue weighted by Crippen LogP contribution is -2.27. The summed E-state index contributed by atoms with van der Waals surface area (Å²) in [4.78, 5) is 22.3. The summed E-state index contributed by atoms with van der Waals surface area (Å²) in [5, 5.41) is 7.49. The molecule has 0 atom stereocenters. The van der Waals surface area contributed by atoms with Crippen LogP contribution in [-0.2, 0) is 4.79 Å². The van der Waals surface area contributed by atoms with Crippen LogP contribution in [0.1, 0.15) is 39.5 Å². The molecule has 0 fully saturated rings. The predicted octanol–water partition coefficient (Wildman–Crippen LogP) is 5.62. The van der Waals surface area contributed by atoms with E-state index < -0.39 is 0 Å². The molecule has 0 radical (unpaired) electrons. The molecule has 1 aliphatic rings. The van der Waals surface area contributed by atoms with Crippen molar-refractivity contribution in [3.63, 3.8) is 0 Å². The fourth-order valence-corrected chi connectivity index (χ4v) is 3.83. The first-order valence-corrected chi connectivity index (χ1v) is 11.0. The Morgan fingerprint density at radius 2 is 1.74 bits per heavy atom. The van der Waals surface area contributed by atoms with Gasteiger partial charge in [-0.2, -0.15) is 0 Å². The van der Waals surface area contributed by atoms with Crippen molar-refractivity contribution >= 4 is 22.6 Å². The molecule has 5 heteroatoms. The third kappa shape index (κ3) is 4.66. The van der Waals surface area contributed by atoms with E-state index in [0.29, 0.717) is 12.4 Å². The summed E-state index contributed by atoms with van der Waals surface area (Å²) >= 11 is 0. The van der Waals surface area contributed by atoms with Crippen LogP contribution in [0, 0.1) is 0 Å². The molecule has 1 amide bonds. The molecule has 0 spiro atoms. The van der Waals surface area contributed by atoms with Crippen molar-refractivity contribution in [2.75, 3.05) is 11.9 Å². The van der Waals surface area contributed by atoms with E-state index >= 15 is 0 Å². The average Bonchev–Trinajstić information content (AvgIpc) is 2.83. The van der Waals surface area contributed by atoms with Crippen LogP contribution < -0.4 is 10.6 Å². The molecule has 3 aromatic rings. The lowest BCUT2D eigenvalue weighted by atomic mass is 9.93. The Hall–Kier alpha value is -3.47. The van der Waals surface area contributed by atoms with Crippen molar-refractivity contribution in [1.29, 1.82) is 0 Å². The minimum Gasteiger partial charge on any atom is -0.352 e. The van der Waals surface area contributed by atoms with E-state index in [2.05, 4.69) is 24.5 Å². The van der Waals surface area contributed by atoms with Gasteiger partial charge in [0.1, 0.15) is 5.82 Å². The van der Waals surface area contributed by atoms with Gasteiger partial charge in [0.2, 0.25) is 0 Å². The Morgan fingerprint density at radius 3 is 2.52 bits per heavy atom. The normalized spacial score (nSPS) is 13.8. The number of carbonyl (C=O) groups excluding carboxylic acids is 1. The van der Waals surface area contributed by atoms with Crippen molar-refractivity contribution in [2.24, 2.45) is 0 Å². The number of amides is 1. The largest absolute Gasteiger partial charge is 0.352 e. The number of nitrogens with one attached hydrogen (secondary N) is 2. The van der Waals surface area contributed by atoms with Crippen LogP contribution in [0.2, 0.25) is 0 Å². The van der Waals surface area contributed by atoms with Gasteiger partial charge in [-0.15, -0.1) is 0 Å². The fourth-order valence-electron chi connectivity index (χ4n) is 3.83. The number of para-hydroxylation sites is 1. The van der Waals surface area contributed by atoms with Crippen LogP contribution in [0.15, 0.2) is 77.5 Å². The van der Waals surface area contributed by atoms with Crippen LogP contribution in [0.4, 0.5) is 5.82 Å². The van der Waals surface area contributed by atoms with E-state index in [4.69, 9.17) is 9.97 Å². The number of carbonyl (C=O) groups is 1. The molecule has 0 saturated heterocycles. The summed E-state index contributed by atoms with van der Waals surface area (Å²) in [5.74, 6) is 1.46. The molecular formula is C26H28N4O. The Kier molecular flexibility index (Phi) is 6.41. The van der Waals surface area contributed by atoms with E-state index in [1.807, 2.05) is 60.7 Å². The number of nitrogens with zero attached hydrogens (tertiary/aromatic N) is 2. The summed E-state index contributed by atoms with van der Waals surface area (Å²) < 4.78 is 0. The summed E-state index contributed by atoms with van der Waals surface area (Å²) in [7, 11) is 0. The molecule has 1 aromatic heterocycles. The number of fused-ring (bicyclic) bond motifs is 1. The molecule has 2 N–H and O–H groups in total. The summed E-state index contributed by atoms with van der Waals surface area (Å²) in [6, 6.07) is 18.0. The Morgan fingerprint density at radius 1 is 0.968 bits per heavy atom. The molecule has 31 heavy (non-hydrogen) atoms. The van der Waals surface area contributed by atoms with Gasteiger partial charge in [-0.25, -0.2) is 9.97 Å². The van der Waals surface area contributed by atoms with Gasteiger partial charge in [0.15, 0.2) is 5.82 Å². The SMILES string of the molecule is CCCNC(=O)C1=C(CC)CCC(Nc2nc(-c3ccccc3)nc3ccccc23)=C1. The van der Waals surface area contributed by atoms with Crippen molar-refractivity contribution < 1.29 is 4.79 Å². The maximum absolute atomic E-state index is 12.7. The standard InChI is InChI=1S/C26H28N4O/c1-3-16-27-26(31)22-17-20(15-14-18(22)4-2)28-25-21-12-8-9-13-23(21)29-24(30-25)19-10-6-5-7-11-19/h5-13,17H,3-4,14-16H2,1-2H3,(H,27,31)(H,28,29,30). The van der Waals surface area contributed by atoms with Crippen LogP contribution >= 0.6 is 0 Å². The zero-order chi connectivity index (χ0) is 21.6. The minimum atomic E-state index is 0.00946. The number of hydrogen-bond donors (Lipinski definition) is 2. The molecular weight excluding hydrogens is 384 g/mol. The van der Waals surface area contributed by atoms with Gasteiger partial charge in [0.25, 0.3) is 5.91 Å². The monoisotopic (exact) mass is 412 g/mol. The molecule has 2 aromatic carbocycles. The number of hydrogen-bond acceptors (Lipinski definition) is 4. The van der Waals surface area contributed by atoms with Gasteiger partial charge >= 0.3 is 0 Å². The van der Waals surface area contributed by atoms with Gasteiger partial charge in [-0.3, -0.25) is 4.79 Å². The van der Waals surface area contributed by atoms with Crippen LogP contribution in [-0.4, -0.2) is 22.4 Å². The highest BCUT2D eigenvalue weighted by Gasteiger charge is 2.19. The zero-order valence-electron chi connectivity index (χ0n) is 18.1. The van der Waals surface area contributed by atoms with Crippen LogP contribution in [0.3, 0.4) is 0 Å². The second-order valence-corrected chi connectivity index (χ2v) is 7.70. The smallest absolute Gasteiger partial charge is 0.251 e. The van der Waals surface area contributed by atoms with Gasteiger partial charge in [0, 0.05) is 28.8 Å². The number of aromatic nitrogens is 2. The van der Waals surface area contributed by atoms with Crippen molar-refractivity contribution in [3.05, 3.63) is 77.5 Å². The second-order valence-electron chi connectivity index (χ2n) is 7.70. The van der Waals surface area contributed by atoms with Gasteiger partial charge < -0.3 is 10.6 Å². The maximum Gasteiger partial charge on any atom is 0.251 e. The van der Waals surface area contributed by atoms with E-state index in [1.165, 1.54) is 5.57 Å². The van der Waals surface area contributed by atoms with Gasteiger partial charge in [-0.05, 0) is 43.9 Å². The second kappa shape index (κ2) is 9.56. The average molecular weight is 413 g/mol. The van der Waals surface area contributed by atoms with E-state index in [9.17, 15) is 4.79 Å². The number of benzene rings is 2. The van der Waals surface area contributed by atoms with E-state index in [0.717, 1.165) is 59.2 Å². The molecule has 0 bridgehead atoms. The molecule has 4 rings (SSSR count). The van der Waals surface area contributed by atoms with Gasteiger partial charge in [0.05, 0.1) is 5.52 Å². The molecule has 0 saturated carbocycles. The highest BCUT2D eigenvalue weighted by atomic mass is 16.1. The molecule has 158 valence electrons. The van der Waals surface area contributed by atoms with Crippen LogP contribution in [0.5, 0.6) is 0 Å². The number of rotatable bonds is 7. The first-order valence-electron chi connectivity index (χ1n) is 11.0. The van der Waals surface area contributed by atoms with E-state index in [1.54, 1.807) is 0 Å². The molecule has 0 unspecified atom stereocenters. The molecule has 1 aliphatic carbocycles. The van der Waals surface area contributed by atoms with Crippen molar-refractivity contribution in [1.82, 2.24) is 15.3 Å². The Bertz CT molecular complexity index is 1150. The molecule has 5 nitrogen and oxygen atoms in total. The third-order valence-electron chi connectivity index (χ3n) is 5.52. The molecule has 0 aliphatic heterocycles. The highest BCUT2D eigenvalue weighted by molar-refractivity contribution is 5.98. The summed E-state index contributed by atoms with van der Waals surface area (Å²) in [6.45, 7) is 4.86. The Labute approximate surface area is 183 Å². The lowest BCUT2D eigenvalue weighted by Gasteiger charge is -2.21. The van der Waals surface area contributed by atoms with Crippen LogP contribution in [0.25, 0.3) is 22.3 Å². The lowest BCUT2D eigenvalue weighted by molar-refractivity contribution is -0.117. The number of allylic oxidation sites excluding steroid dienone is 2. The Balaban J connectivity index is 1.71. The first-order chi connectivity index (χ1) is 15.2. The summed E-state index contributed by atoms with van der Waals surface area (Å²) in [5.41, 5.74) is 4.85. The first kappa shape index (κ1) is 20.8. The minimum absolute atomic E-state index is 0.00946. The van der Waals surface area contributed by atoms with E-state index in [-0.39, 0.29) is 5.91 Å².